The summed E-state index contributed by atoms with van der Waals surface area (Å²) in [4.78, 5) is 73.4. The summed E-state index contributed by atoms with van der Waals surface area (Å²) < 4.78 is 69.1. The van der Waals surface area contributed by atoms with Crippen LogP contribution >= 0.6 is 15.6 Å². The Hall–Kier alpha value is -1.94. The number of unbranched alkanes of at least 4 members (excludes halogenated alkanes) is 59. The minimum absolute atomic E-state index is 0.108. The van der Waals surface area contributed by atoms with Crippen molar-refractivity contribution in [2.45, 2.75) is 503 Å². The summed E-state index contributed by atoms with van der Waals surface area (Å²) in [5, 5.41) is 10.7. The van der Waals surface area contributed by atoms with Crippen LogP contribution in [0.25, 0.3) is 0 Å². The molecule has 0 heterocycles. The third kappa shape index (κ3) is 83.8. The molecule has 0 aromatic rings. The van der Waals surface area contributed by atoms with Crippen LogP contribution in [-0.4, -0.2) is 96.7 Å². The van der Waals surface area contributed by atoms with Gasteiger partial charge in [0.05, 0.1) is 26.4 Å². The molecule has 0 rings (SSSR count). The molecule has 19 heteroatoms. The first-order valence-corrected chi connectivity index (χ1v) is 49.5. The second-order valence-corrected chi connectivity index (χ2v) is 36.2. The minimum Gasteiger partial charge on any atom is -0.462 e. The van der Waals surface area contributed by atoms with Gasteiger partial charge in [0, 0.05) is 25.7 Å². The van der Waals surface area contributed by atoms with Crippen LogP contribution in [0.2, 0.25) is 0 Å². The molecule has 0 aliphatic rings. The Bertz CT molecular complexity index is 2080. The summed E-state index contributed by atoms with van der Waals surface area (Å²) in [5.74, 6) is -0.487. The molecule has 0 aromatic heterocycles. The Morgan fingerprint density at radius 3 is 0.624 bits per heavy atom. The van der Waals surface area contributed by atoms with Crippen molar-refractivity contribution in [3.05, 3.63) is 0 Å². The molecular formula is C90H176O17P2. The van der Waals surface area contributed by atoms with Gasteiger partial charge >= 0.3 is 39.5 Å². The maximum absolute atomic E-state index is 13.2. The van der Waals surface area contributed by atoms with Gasteiger partial charge in [0.1, 0.15) is 19.3 Å². The van der Waals surface area contributed by atoms with E-state index in [2.05, 4.69) is 41.5 Å². The normalized spacial score (nSPS) is 13.8. The minimum atomic E-state index is -4.97. The van der Waals surface area contributed by atoms with Crippen molar-refractivity contribution < 1.29 is 80.2 Å². The van der Waals surface area contributed by atoms with E-state index >= 15 is 0 Å². The van der Waals surface area contributed by atoms with Crippen LogP contribution in [0, 0.1) is 11.8 Å². The van der Waals surface area contributed by atoms with Gasteiger partial charge in [-0.3, -0.25) is 37.3 Å². The fourth-order valence-corrected chi connectivity index (χ4v) is 15.7. The lowest BCUT2D eigenvalue weighted by molar-refractivity contribution is -0.161. The molecule has 0 spiro atoms. The summed E-state index contributed by atoms with van der Waals surface area (Å²) in [6.07, 6.45) is 74.9. The third-order valence-corrected chi connectivity index (χ3v) is 23.1. The average molecular weight is 1590 g/mol. The van der Waals surface area contributed by atoms with Gasteiger partial charge in [-0.05, 0) is 37.5 Å². The number of carbonyl (C=O) groups excluding carboxylic acids is 4. The summed E-state index contributed by atoms with van der Waals surface area (Å²) in [6, 6.07) is 0. The predicted octanol–water partition coefficient (Wildman–Crippen LogP) is 27.8. The van der Waals surface area contributed by atoms with Gasteiger partial charge in [-0.15, -0.1) is 0 Å². The molecule has 2 unspecified atom stereocenters. The van der Waals surface area contributed by atoms with Crippen molar-refractivity contribution in [3.63, 3.8) is 0 Å². The summed E-state index contributed by atoms with van der Waals surface area (Å²) in [7, 11) is -9.94. The van der Waals surface area contributed by atoms with Crippen LogP contribution < -0.4 is 0 Å². The van der Waals surface area contributed by atoms with E-state index in [1.165, 1.54) is 302 Å². The van der Waals surface area contributed by atoms with Crippen LogP contribution in [-0.2, 0) is 65.4 Å². The highest BCUT2D eigenvalue weighted by Gasteiger charge is 2.31. The smallest absolute Gasteiger partial charge is 0.462 e. The van der Waals surface area contributed by atoms with Crippen LogP contribution in [0.4, 0.5) is 0 Å². The topological polar surface area (TPSA) is 237 Å². The lowest BCUT2D eigenvalue weighted by Gasteiger charge is -2.21. The first kappa shape index (κ1) is 107. The van der Waals surface area contributed by atoms with E-state index in [1.807, 2.05) is 0 Å². The number of aliphatic hydroxyl groups is 1. The summed E-state index contributed by atoms with van der Waals surface area (Å²) in [6.45, 7) is 9.76. The highest BCUT2D eigenvalue weighted by Crippen LogP contribution is 2.45. The zero-order valence-corrected chi connectivity index (χ0v) is 73.7. The van der Waals surface area contributed by atoms with Crippen LogP contribution in [0.15, 0.2) is 0 Å². The molecule has 0 aromatic carbocycles. The summed E-state index contributed by atoms with van der Waals surface area (Å²) >= 11 is 0. The van der Waals surface area contributed by atoms with Gasteiger partial charge in [-0.1, -0.05) is 433 Å². The molecular weight excluding hydrogens is 1410 g/mol. The largest absolute Gasteiger partial charge is 0.472 e. The Balaban J connectivity index is 5.26. The fourth-order valence-electron chi connectivity index (χ4n) is 14.1. The fraction of sp³-hybridized carbons (Fsp3) is 0.956. The van der Waals surface area contributed by atoms with Crippen LogP contribution in [0.1, 0.15) is 485 Å². The van der Waals surface area contributed by atoms with Crippen molar-refractivity contribution in [1.82, 2.24) is 0 Å². The van der Waals surface area contributed by atoms with E-state index < -0.39 is 97.5 Å². The molecule has 17 nitrogen and oxygen atoms in total. The maximum atomic E-state index is 13.2. The molecule has 3 N–H and O–H groups in total. The maximum Gasteiger partial charge on any atom is 0.472 e. The second-order valence-electron chi connectivity index (χ2n) is 33.3. The molecule has 109 heavy (non-hydrogen) atoms. The van der Waals surface area contributed by atoms with Gasteiger partial charge in [-0.25, -0.2) is 9.13 Å². The standard InChI is InChI=1S/C90H176O17P2/c1-7-9-11-13-15-17-19-21-22-23-24-25-26-31-38-44-50-56-62-68-74-89(94)106-86(79-101-88(93)73-67-61-55-49-43-37-30-28-27-29-35-40-46-52-58-64-70-82(3)4)81-105-109(98,99)103-77-84(91)76-102-108(96,97)104-80-85(78-100-87(92)72-66-60-54-48-42-34-20-18-16-14-12-10-8-2)107-90(95)75-69-63-57-51-45-39-33-32-36-41-47-53-59-65-71-83(5)6/h82-86,91H,7-81H2,1-6H3,(H,96,97)(H,98,99)/t84-,85+,86+/m0/s1. The number of aliphatic hydroxyl groups excluding tert-OH is 1. The molecule has 0 bridgehead atoms. The summed E-state index contributed by atoms with van der Waals surface area (Å²) in [5.41, 5.74) is 0. The van der Waals surface area contributed by atoms with Crippen molar-refractivity contribution in [3.8, 4) is 0 Å². The van der Waals surface area contributed by atoms with Crippen molar-refractivity contribution in [2.75, 3.05) is 39.6 Å². The number of phosphoric acid groups is 2. The van der Waals surface area contributed by atoms with E-state index in [1.54, 1.807) is 0 Å². The zero-order chi connectivity index (χ0) is 79.9. The molecule has 0 saturated heterocycles. The first-order chi connectivity index (χ1) is 52.9. The SMILES string of the molecule is CCCCCCCCCCCCCCCCCCCCCCC(=O)O[C@H](COC(=O)CCCCCCCCCCCCCCCCCCC(C)C)COP(=O)(O)OC[C@@H](O)COP(=O)(O)OC[C@@H](COC(=O)CCCCCCCCCCCCCCC)OC(=O)CCCCCCCCCCCCCCCCC(C)C. The Morgan fingerprint density at radius 1 is 0.248 bits per heavy atom. The van der Waals surface area contributed by atoms with E-state index in [0.29, 0.717) is 25.7 Å². The molecule has 5 atom stereocenters. The quantitative estimate of drug-likeness (QED) is 0.0222. The van der Waals surface area contributed by atoms with Crippen molar-refractivity contribution in [2.24, 2.45) is 11.8 Å². The zero-order valence-electron chi connectivity index (χ0n) is 71.9. The number of hydrogen-bond donors (Lipinski definition) is 3. The number of ether oxygens (including phenoxy) is 4. The molecule has 0 amide bonds. The second kappa shape index (κ2) is 81.2. The van der Waals surface area contributed by atoms with Crippen LogP contribution in [0.3, 0.4) is 0 Å². The van der Waals surface area contributed by atoms with Gasteiger partial charge in [0.2, 0.25) is 0 Å². The van der Waals surface area contributed by atoms with E-state index in [-0.39, 0.29) is 25.7 Å². The van der Waals surface area contributed by atoms with Gasteiger partial charge in [-0.2, -0.15) is 0 Å². The monoisotopic (exact) mass is 1590 g/mol. The Morgan fingerprint density at radius 2 is 0.422 bits per heavy atom. The predicted molar refractivity (Wildman–Crippen MR) is 451 cm³/mol. The van der Waals surface area contributed by atoms with Gasteiger partial charge in [0.25, 0.3) is 0 Å². The molecule has 0 fully saturated rings. The van der Waals surface area contributed by atoms with E-state index in [0.717, 1.165) is 102 Å². The molecule has 0 saturated carbocycles. The number of rotatable bonds is 89. The van der Waals surface area contributed by atoms with Gasteiger partial charge in [0.15, 0.2) is 12.2 Å². The molecule has 648 valence electrons. The number of phosphoric ester groups is 2. The number of carbonyl (C=O) groups is 4. The van der Waals surface area contributed by atoms with Crippen LogP contribution in [0.5, 0.6) is 0 Å². The highest BCUT2D eigenvalue weighted by atomic mass is 31.2. The molecule has 0 radical (unpaired) electrons. The lowest BCUT2D eigenvalue weighted by atomic mass is 10.0. The van der Waals surface area contributed by atoms with Gasteiger partial charge < -0.3 is 33.8 Å². The highest BCUT2D eigenvalue weighted by molar-refractivity contribution is 7.47. The van der Waals surface area contributed by atoms with Crippen molar-refractivity contribution >= 4 is 39.5 Å². The Kier molecular flexibility index (Phi) is 79.8. The first-order valence-electron chi connectivity index (χ1n) is 46.5. The Labute approximate surface area is 670 Å². The lowest BCUT2D eigenvalue weighted by Crippen LogP contribution is -2.30. The number of hydrogen-bond acceptors (Lipinski definition) is 15. The average Bonchev–Trinajstić information content (AvgIpc) is 0.899. The molecule has 0 aliphatic heterocycles. The van der Waals surface area contributed by atoms with Crippen molar-refractivity contribution in [1.29, 1.82) is 0 Å². The number of esters is 4. The van der Waals surface area contributed by atoms with E-state index in [4.69, 9.17) is 37.0 Å². The van der Waals surface area contributed by atoms with E-state index in [9.17, 15) is 43.2 Å². The molecule has 0 aliphatic carbocycles. The third-order valence-electron chi connectivity index (χ3n) is 21.2.